The highest BCUT2D eigenvalue weighted by molar-refractivity contribution is 7.99. The first-order valence-corrected chi connectivity index (χ1v) is 7.93. The average Bonchev–Trinajstić information content (AvgIpc) is 2.93. The fourth-order valence-electron chi connectivity index (χ4n) is 1.62. The zero-order valence-corrected chi connectivity index (χ0v) is 13.4. The molecule has 8 nitrogen and oxygen atoms in total. The number of nitrogens with two attached hydrogens (primary N) is 1. The van der Waals surface area contributed by atoms with E-state index in [1.807, 2.05) is 6.07 Å². The molecule has 0 saturated heterocycles. The summed E-state index contributed by atoms with van der Waals surface area (Å²) in [4.78, 5) is 11.6. The number of carbonyl (C=O) groups excluding carboxylic acids is 1. The van der Waals surface area contributed by atoms with Gasteiger partial charge in [-0.25, -0.2) is 9.07 Å². The van der Waals surface area contributed by atoms with Gasteiger partial charge in [-0.1, -0.05) is 11.8 Å². The van der Waals surface area contributed by atoms with Crippen molar-refractivity contribution in [1.29, 1.82) is 5.26 Å². The highest BCUT2D eigenvalue weighted by Gasteiger charge is 2.12. The highest BCUT2D eigenvalue weighted by atomic mass is 32.2. The fraction of sp³-hybridized carbons (Fsp3) is 0.286. The molecule has 0 fully saturated rings. The zero-order chi connectivity index (χ0) is 17.4. The van der Waals surface area contributed by atoms with Crippen molar-refractivity contribution >= 4 is 17.7 Å². The van der Waals surface area contributed by atoms with Gasteiger partial charge in [-0.2, -0.15) is 5.26 Å². The standard InChI is InChI=1S/C14H15FN6O2S/c15-10-2-4-11(5-3-10)23-8-12-19-20-14(21(12)17)24-9-13(22)18-7-1-6-16/h2-5H,1,7-9,17H2,(H,18,22). The van der Waals surface area contributed by atoms with E-state index in [0.29, 0.717) is 23.3 Å². The minimum absolute atomic E-state index is 0.0596. The minimum Gasteiger partial charge on any atom is -0.486 e. The highest BCUT2D eigenvalue weighted by Crippen LogP contribution is 2.16. The number of nitriles is 1. The van der Waals surface area contributed by atoms with E-state index >= 15 is 0 Å². The summed E-state index contributed by atoms with van der Waals surface area (Å²) in [6.45, 7) is 0.367. The molecule has 2 rings (SSSR count). The lowest BCUT2D eigenvalue weighted by Crippen LogP contribution is -2.26. The molecule has 0 aliphatic heterocycles. The van der Waals surface area contributed by atoms with E-state index in [9.17, 15) is 9.18 Å². The van der Waals surface area contributed by atoms with E-state index in [-0.39, 0.29) is 30.5 Å². The maximum absolute atomic E-state index is 12.8. The lowest BCUT2D eigenvalue weighted by atomic mass is 10.3. The number of thioether (sulfide) groups is 1. The number of nitrogens with one attached hydrogen (secondary N) is 1. The molecule has 1 aromatic carbocycles. The molecule has 0 unspecified atom stereocenters. The van der Waals surface area contributed by atoms with Gasteiger partial charge in [0.25, 0.3) is 0 Å². The predicted octanol–water partition coefficient (Wildman–Crippen LogP) is 0.832. The van der Waals surface area contributed by atoms with Gasteiger partial charge in [0, 0.05) is 6.54 Å². The molecule has 0 bridgehead atoms. The summed E-state index contributed by atoms with van der Waals surface area (Å²) in [5.74, 6) is 6.24. The first-order valence-electron chi connectivity index (χ1n) is 6.94. The van der Waals surface area contributed by atoms with E-state index in [4.69, 9.17) is 15.8 Å². The van der Waals surface area contributed by atoms with Crippen molar-refractivity contribution in [1.82, 2.24) is 20.2 Å². The maximum Gasteiger partial charge on any atom is 0.230 e. The Labute approximate surface area is 141 Å². The van der Waals surface area contributed by atoms with Gasteiger partial charge >= 0.3 is 0 Å². The van der Waals surface area contributed by atoms with Crippen molar-refractivity contribution < 1.29 is 13.9 Å². The normalized spacial score (nSPS) is 10.2. The molecule has 3 N–H and O–H groups in total. The number of nitrogens with zero attached hydrogens (tertiary/aromatic N) is 4. The summed E-state index contributed by atoms with van der Waals surface area (Å²) in [5.41, 5.74) is 0. The van der Waals surface area contributed by atoms with Gasteiger partial charge in [0.15, 0.2) is 5.82 Å². The largest absolute Gasteiger partial charge is 0.486 e. The van der Waals surface area contributed by atoms with E-state index in [1.165, 1.54) is 28.9 Å². The van der Waals surface area contributed by atoms with Crippen LogP contribution in [0.25, 0.3) is 0 Å². The van der Waals surface area contributed by atoms with Gasteiger partial charge in [-0.15, -0.1) is 10.2 Å². The van der Waals surface area contributed by atoms with Gasteiger partial charge < -0.3 is 15.9 Å². The third kappa shape index (κ3) is 5.13. The Hall–Kier alpha value is -2.80. The number of halogens is 1. The summed E-state index contributed by atoms with van der Waals surface area (Å²) < 4.78 is 19.5. The molecule has 0 aliphatic rings. The van der Waals surface area contributed by atoms with Crippen LogP contribution in [0.15, 0.2) is 29.4 Å². The van der Waals surface area contributed by atoms with Crippen LogP contribution in [0.4, 0.5) is 4.39 Å². The van der Waals surface area contributed by atoms with Crippen LogP contribution in [0.5, 0.6) is 5.75 Å². The van der Waals surface area contributed by atoms with Gasteiger partial charge in [-0.3, -0.25) is 4.79 Å². The van der Waals surface area contributed by atoms with E-state index in [0.717, 1.165) is 11.8 Å². The van der Waals surface area contributed by atoms with Crippen LogP contribution in [0, 0.1) is 17.1 Å². The van der Waals surface area contributed by atoms with E-state index in [1.54, 1.807) is 0 Å². The van der Waals surface area contributed by atoms with Gasteiger partial charge in [0.1, 0.15) is 18.2 Å². The molecule has 24 heavy (non-hydrogen) atoms. The quantitative estimate of drug-likeness (QED) is 0.411. The molecule has 0 aliphatic carbocycles. The molecule has 126 valence electrons. The second-order valence-corrected chi connectivity index (χ2v) is 5.50. The molecule has 1 heterocycles. The Bertz CT molecular complexity index is 728. The van der Waals surface area contributed by atoms with Crippen molar-refractivity contribution in [2.24, 2.45) is 0 Å². The number of aromatic nitrogens is 3. The van der Waals surface area contributed by atoms with Gasteiger partial charge in [0.05, 0.1) is 18.2 Å². The molecule has 0 spiro atoms. The SMILES string of the molecule is N#CCCNC(=O)CSc1nnc(COc2ccc(F)cc2)n1N. The smallest absolute Gasteiger partial charge is 0.230 e. The van der Waals surface area contributed by atoms with Crippen LogP contribution in [-0.4, -0.2) is 33.1 Å². The fourth-order valence-corrected chi connectivity index (χ4v) is 2.33. The lowest BCUT2D eigenvalue weighted by molar-refractivity contribution is -0.118. The van der Waals surface area contributed by atoms with Crippen molar-refractivity contribution in [3.8, 4) is 11.8 Å². The van der Waals surface area contributed by atoms with Crippen molar-refractivity contribution in [3.05, 3.63) is 35.9 Å². The summed E-state index contributed by atoms with van der Waals surface area (Å²) in [6.07, 6.45) is 0.258. The Kier molecular flexibility index (Phi) is 6.39. The maximum atomic E-state index is 12.8. The predicted molar refractivity (Wildman–Crippen MR) is 84.9 cm³/mol. The minimum atomic E-state index is -0.351. The first kappa shape index (κ1) is 17.6. The summed E-state index contributed by atoms with van der Waals surface area (Å²) in [7, 11) is 0. The molecule has 1 amide bonds. The molecule has 10 heteroatoms. The van der Waals surface area contributed by atoms with Crippen LogP contribution >= 0.6 is 11.8 Å². The Morgan fingerprint density at radius 2 is 2.17 bits per heavy atom. The molecular weight excluding hydrogens is 335 g/mol. The first-order chi connectivity index (χ1) is 11.6. The van der Waals surface area contributed by atoms with Crippen LogP contribution in [0.2, 0.25) is 0 Å². The Balaban J connectivity index is 1.83. The van der Waals surface area contributed by atoms with E-state index in [2.05, 4.69) is 15.5 Å². The van der Waals surface area contributed by atoms with Crippen LogP contribution < -0.4 is 15.9 Å². The summed E-state index contributed by atoms with van der Waals surface area (Å²) in [5, 5.41) is 19.1. The Morgan fingerprint density at radius 1 is 1.42 bits per heavy atom. The summed E-state index contributed by atoms with van der Waals surface area (Å²) >= 11 is 1.12. The third-order valence-electron chi connectivity index (χ3n) is 2.81. The number of amides is 1. The van der Waals surface area contributed by atoms with Crippen LogP contribution in [0.1, 0.15) is 12.2 Å². The number of ether oxygens (including phenoxy) is 1. The van der Waals surface area contributed by atoms with Crippen LogP contribution in [-0.2, 0) is 11.4 Å². The number of nitrogen functional groups attached to an aromatic ring is 1. The molecule has 0 saturated carbocycles. The lowest BCUT2D eigenvalue weighted by Gasteiger charge is -2.06. The number of hydrogen-bond acceptors (Lipinski definition) is 7. The molecule has 0 radical (unpaired) electrons. The van der Waals surface area contributed by atoms with Crippen molar-refractivity contribution in [2.45, 2.75) is 18.2 Å². The molecular formula is C14H15FN6O2S. The summed E-state index contributed by atoms with van der Waals surface area (Å²) in [6, 6.07) is 7.50. The second-order valence-electron chi connectivity index (χ2n) is 4.56. The van der Waals surface area contributed by atoms with Crippen molar-refractivity contribution in [3.63, 3.8) is 0 Å². The molecule has 2 aromatic rings. The zero-order valence-electron chi connectivity index (χ0n) is 12.6. The number of hydrogen-bond donors (Lipinski definition) is 2. The van der Waals surface area contributed by atoms with Crippen LogP contribution in [0.3, 0.4) is 0 Å². The number of benzene rings is 1. The molecule has 1 aromatic heterocycles. The Morgan fingerprint density at radius 3 is 2.88 bits per heavy atom. The van der Waals surface area contributed by atoms with Gasteiger partial charge in [-0.05, 0) is 24.3 Å². The third-order valence-corrected chi connectivity index (χ3v) is 3.75. The number of carbonyl (C=O) groups is 1. The van der Waals surface area contributed by atoms with Gasteiger partial charge in [0.2, 0.25) is 11.1 Å². The average molecular weight is 350 g/mol. The monoisotopic (exact) mass is 350 g/mol. The topological polar surface area (TPSA) is 119 Å². The molecule has 0 atom stereocenters. The number of rotatable bonds is 8. The van der Waals surface area contributed by atoms with E-state index < -0.39 is 0 Å². The second kappa shape index (κ2) is 8.73. The van der Waals surface area contributed by atoms with Crippen molar-refractivity contribution in [2.75, 3.05) is 18.1 Å².